The lowest BCUT2D eigenvalue weighted by molar-refractivity contribution is 0.243. The molecule has 1 heterocycles. The Morgan fingerprint density at radius 1 is 1.47 bits per heavy atom. The van der Waals surface area contributed by atoms with Crippen LogP contribution in [0.3, 0.4) is 0 Å². The smallest absolute Gasteiger partial charge is 0.168 e. The summed E-state index contributed by atoms with van der Waals surface area (Å²) in [5.74, 6) is 1.28. The van der Waals surface area contributed by atoms with E-state index in [4.69, 9.17) is 4.74 Å². The van der Waals surface area contributed by atoms with Crippen LogP contribution >= 0.6 is 0 Å². The number of sulfone groups is 1. The zero-order chi connectivity index (χ0) is 12.9. The SMILES string of the molecule is CC(C)Oc1cccnc1NCCS(C)(=O)=O. The lowest BCUT2D eigenvalue weighted by Gasteiger charge is -2.14. The van der Waals surface area contributed by atoms with E-state index in [-0.39, 0.29) is 11.9 Å². The molecule has 0 aliphatic heterocycles. The minimum Gasteiger partial charge on any atom is -0.487 e. The largest absolute Gasteiger partial charge is 0.487 e. The maximum absolute atomic E-state index is 11.0. The number of pyridine rings is 1. The molecule has 0 saturated carbocycles. The van der Waals surface area contributed by atoms with Crippen LogP contribution in [0.2, 0.25) is 0 Å². The van der Waals surface area contributed by atoms with Crippen molar-refractivity contribution < 1.29 is 13.2 Å². The van der Waals surface area contributed by atoms with E-state index in [9.17, 15) is 8.42 Å². The second kappa shape index (κ2) is 5.86. The van der Waals surface area contributed by atoms with Crippen LogP contribution in [0.15, 0.2) is 18.3 Å². The fraction of sp³-hybridized carbons (Fsp3) is 0.545. The first kappa shape index (κ1) is 13.8. The lowest BCUT2D eigenvalue weighted by atomic mass is 10.4. The van der Waals surface area contributed by atoms with Crippen molar-refractivity contribution >= 4 is 15.7 Å². The Labute approximate surface area is 102 Å². The number of nitrogens with one attached hydrogen (secondary N) is 1. The van der Waals surface area contributed by atoms with E-state index in [2.05, 4.69) is 10.3 Å². The Morgan fingerprint density at radius 2 is 2.18 bits per heavy atom. The van der Waals surface area contributed by atoms with Gasteiger partial charge in [0, 0.05) is 19.0 Å². The summed E-state index contributed by atoms with van der Waals surface area (Å²) in [6.45, 7) is 4.17. The lowest BCUT2D eigenvalue weighted by Crippen LogP contribution is -2.16. The van der Waals surface area contributed by atoms with Gasteiger partial charge in [-0.05, 0) is 26.0 Å². The molecule has 0 aliphatic carbocycles. The molecule has 0 spiro atoms. The highest BCUT2D eigenvalue weighted by Crippen LogP contribution is 2.21. The average Bonchev–Trinajstić information content (AvgIpc) is 2.18. The molecular formula is C11H18N2O3S. The highest BCUT2D eigenvalue weighted by Gasteiger charge is 2.07. The third-order valence-electron chi connectivity index (χ3n) is 1.90. The van der Waals surface area contributed by atoms with Gasteiger partial charge in [-0.2, -0.15) is 0 Å². The van der Waals surface area contributed by atoms with Crippen molar-refractivity contribution in [3.63, 3.8) is 0 Å². The van der Waals surface area contributed by atoms with Crippen molar-refractivity contribution in [1.82, 2.24) is 4.98 Å². The molecule has 0 amide bonds. The molecule has 1 aromatic heterocycles. The van der Waals surface area contributed by atoms with E-state index in [1.807, 2.05) is 13.8 Å². The minimum absolute atomic E-state index is 0.0506. The molecule has 0 bridgehead atoms. The number of ether oxygens (including phenoxy) is 1. The molecule has 1 aromatic rings. The number of nitrogens with zero attached hydrogens (tertiary/aromatic N) is 1. The van der Waals surface area contributed by atoms with E-state index in [1.165, 1.54) is 6.26 Å². The number of anilines is 1. The topological polar surface area (TPSA) is 68.3 Å². The first-order chi connectivity index (χ1) is 7.88. The van der Waals surface area contributed by atoms with Gasteiger partial charge >= 0.3 is 0 Å². The molecule has 1 rings (SSSR count). The van der Waals surface area contributed by atoms with E-state index in [0.717, 1.165) is 0 Å². The Balaban J connectivity index is 2.64. The number of aromatic nitrogens is 1. The molecule has 0 fully saturated rings. The summed E-state index contributed by atoms with van der Waals surface area (Å²) in [6.07, 6.45) is 2.89. The second-order valence-electron chi connectivity index (χ2n) is 4.07. The molecular weight excluding hydrogens is 240 g/mol. The van der Waals surface area contributed by atoms with Crippen LogP contribution in [0.1, 0.15) is 13.8 Å². The quantitative estimate of drug-likeness (QED) is 0.833. The van der Waals surface area contributed by atoms with Crippen LogP contribution in [0.25, 0.3) is 0 Å². The number of hydrogen-bond acceptors (Lipinski definition) is 5. The van der Waals surface area contributed by atoms with Crippen molar-refractivity contribution in [3.8, 4) is 5.75 Å². The minimum atomic E-state index is -2.96. The van der Waals surface area contributed by atoms with E-state index < -0.39 is 9.84 Å². The third-order valence-corrected chi connectivity index (χ3v) is 2.84. The summed E-state index contributed by atoms with van der Waals surface area (Å²) in [5, 5.41) is 2.96. The Morgan fingerprint density at radius 3 is 2.76 bits per heavy atom. The van der Waals surface area contributed by atoms with Crippen molar-refractivity contribution in [2.45, 2.75) is 20.0 Å². The first-order valence-electron chi connectivity index (χ1n) is 5.42. The standard InChI is InChI=1S/C11H18N2O3S/c1-9(2)16-10-5-4-6-12-11(10)13-7-8-17(3,14)15/h4-6,9H,7-8H2,1-3H3,(H,12,13). The van der Waals surface area contributed by atoms with Crippen molar-refractivity contribution in [1.29, 1.82) is 0 Å². The fourth-order valence-electron chi connectivity index (χ4n) is 1.23. The second-order valence-corrected chi connectivity index (χ2v) is 6.33. The molecule has 6 heteroatoms. The normalized spacial score (nSPS) is 11.5. The van der Waals surface area contributed by atoms with E-state index in [1.54, 1.807) is 18.3 Å². The molecule has 96 valence electrons. The van der Waals surface area contributed by atoms with Crippen LogP contribution < -0.4 is 10.1 Å². The van der Waals surface area contributed by atoms with Gasteiger partial charge < -0.3 is 10.1 Å². The van der Waals surface area contributed by atoms with Gasteiger partial charge in [0.25, 0.3) is 0 Å². The summed E-state index contributed by atoms with van der Waals surface area (Å²) in [5.41, 5.74) is 0. The third kappa shape index (κ3) is 5.53. The predicted molar refractivity (Wildman–Crippen MR) is 68.2 cm³/mol. The van der Waals surface area contributed by atoms with Gasteiger partial charge in [-0.15, -0.1) is 0 Å². The molecule has 17 heavy (non-hydrogen) atoms. The molecule has 1 N–H and O–H groups in total. The first-order valence-corrected chi connectivity index (χ1v) is 7.48. The molecule has 0 radical (unpaired) electrons. The van der Waals surface area contributed by atoms with Gasteiger partial charge in [-0.3, -0.25) is 0 Å². The monoisotopic (exact) mass is 258 g/mol. The van der Waals surface area contributed by atoms with Crippen molar-refractivity contribution in [3.05, 3.63) is 18.3 Å². The van der Waals surface area contributed by atoms with E-state index >= 15 is 0 Å². The van der Waals surface area contributed by atoms with Crippen molar-refractivity contribution in [2.75, 3.05) is 23.9 Å². The Hall–Kier alpha value is -1.30. The molecule has 0 aliphatic rings. The van der Waals surface area contributed by atoms with Crippen LogP contribution in [0.4, 0.5) is 5.82 Å². The summed E-state index contributed by atoms with van der Waals surface area (Å²) in [7, 11) is -2.96. The molecule has 0 atom stereocenters. The average molecular weight is 258 g/mol. The van der Waals surface area contributed by atoms with Crippen LogP contribution in [-0.4, -0.2) is 38.1 Å². The molecule has 5 nitrogen and oxygen atoms in total. The maximum atomic E-state index is 11.0. The summed E-state index contributed by atoms with van der Waals surface area (Å²) in [6, 6.07) is 3.58. The maximum Gasteiger partial charge on any atom is 0.168 e. The van der Waals surface area contributed by atoms with Gasteiger partial charge in [0.05, 0.1) is 11.9 Å². The molecule has 0 saturated heterocycles. The molecule has 0 aromatic carbocycles. The van der Waals surface area contributed by atoms with Gasteiger partial charge in [0.2, 0.25) is 0 Å². The zero-order valence-electron chi connectivity index (χ0n) is 10.3. The van der Waals surface area contributed by atoms with Crippen molar-refractivity contribution in [2.24, 2.45) is 0 Å². The summed E-state index contributed by atoms with van der Waals surface area (Å²) in [4.78, 5) is 4.12. The molecule has 0 unspecified atom stereocenters. The van der Waals surface area contributed by atoms with Gasteiger partial charge in [0.15, 0.2) is 11.6 Å². The highest BCUT2D eigenvalue weighted by molar-refractivity contribution is 7.90. The van der Waals surface area contributed by atoms with E-state index in [0.29, 0.717) is 18.1 Å². The van der Waals surface area contributed by atoms with Gasteiger partial charge in [-0.1, -0.05) is 0 Å². The van der Waals surface area contributed by atoms with Crippen LogP contribution in [0.5, 0.6) is 5.75 Å². The highest BCUT2D eigenvalue weighted by atomic mass is 32.2. The Bertz CT molecular complexity index is 458. The van der Waals surface area contributed by atoms with Crippen LogP contribution in [0, 0.1) is 0 Å². The number of rotatable bonds is 6. The number of hydrogen-bond donors (Lipinski definition) is 1. The predicted octanol–water partition coefficient (Wildman–Crippen LogP) is 1.33. The zero-order valence-corrected chi connectivity index (χ0v) is 11.1. The summed E-state index contributed by atoms with van der Waals surface area (Å²) >= 11 is 0. The fourth-order valence-corrected chi connectivity index (χ4v) is 1.70. The summed E-state index contributed by atoms with van der Waals surface area (Å²) < 4.78 is 27.5. The van der Waals surface area contributed by atoms with Gasteiger partial charge in [0.1, 0.15) is 9.84 Å². The van der Waals surface area contributed by atoms with Crippen LogP contribution in [-0.2, 0) is 9.84 Å². The van der Waals surface area contributed by atoms with Gasteiger partial charge in [-0.25, -0.2) is 13.4 Å². The Kier molecular flexibility index (Phi) is 4.74.